The molecule has 2 amide bonds. The lowest BCUT2D eigenvalue weighted by Gasteiger charge is -2.26. The third-order valence-electron chi connectivity index (χ3n) is 5.31. The number of nitrogens with zero attached hydrogens (tertiary/aromatic N) is 3. The Labute approximate surface area is 183 Å². The van der Waals surface area contributed by atoms with Crippen molar-refractivity contribution >= 4 is 17.6 Å². The maximum Gasteiger partial charge on any atom is 0.333 e. The van der Waals surface area contributed by atoms with Gasteiger partial charge in [0.15, 0.2) is 5.82 Å². The van der Waals surface area contributed by atoms with Crippen LogP contribution in [0, 0.1) is 0 Å². The highest BCUT2D eigenvalue weighted by Gasteiger charge is 2.40. The zero-order valence-electron chi connectivity index (χ0n) is 17.7. The van der Waals surface area contributed by atoms with Gasteiger partial charge in [-0.05, 0) is 43.7 Å². The van der Waals surface area contributed by atoms with Gasteiger partial charge in [0, 0.05) is 6.07 Å². The first-order chi connectivity index (χ1) is 15.2. The predicted molar refractivity (Wildman–Crippen MR) is 112 cm³/mol. The molecule has 0 N–H and O–H groups in total. The number of halogens is 2. The van der Waals surface area contributed by atoms with Gasteiger partial charge in [0.05, 0.1) is 30.5 Å². The van der Waals surface area contributed by atoms with Crippen LogP contribution in [0.2, 0.25) is 0 Å². The summed E-state index contributed by atoms with van der Waals surface area (Å²) >= 11 is 0. The average Bonchev–Trinajstić information content (AvgIpc) is 3.33. The van der Waals surface area contributed by atoms with Crippen molar-refractivity contribution in [2.75, 3.05) is 12.0 Å². The lowest BCUT2D eigenvalue weighted by molar-refractivity contribution is -0.0505. The predicted octanol–water partition coefficient (Wildman–Crippen LogP) is 4.54. The van der Waals surface area contributed by atoms with E-state index in [0.29, 0.717) is 10.4 Å². The van der Waals surface area contributed by atoms with Crippen molar-refractivity contribution in [1.29, 1.82) is 0 Å². The molecule has 1 aliphatic rings. The summed E-state index contributed by atoms with van der Waals surface area (Å²) in [6.45, 7) is 0.406. The molecular formula is C23H21F2N3O4. The van der Waals surface area contributed by atoms with Gasteiger partial charge in [-0.2, -0.15) is 8.78 Å². The summed E-state index contributed by atoms with van der Waals surface area (Å²) in [5.41, 5.74) is 0.0803. The van der Waals surface area contributed by atoms with Gasteiger partial charge in [-0.25, -0.2) is 9.58 Å². The van der Waals surface area contributed by atoms with Crippen molar-refractivity contribution in [3.8, 4) is 5.75 Å². The van der Waals surface area contributed by atoms with Gasteiger partial charge in [0.2, 0.25) is 0 Å². The molecule has 1 aromatic heterocycles. The number of carbonyl (C=O) groups excluding carboxylic acids is 2. The monoisotopic (exact) mass is 441 g/mol. The second-order valence-corrected chi connectivity index (χ2v) is 7.75. The first-order valence-electron chi connectivity index (χ1n) is 9.86. The number of amides is 2. The van der Waals surface area contributed by atoms with E-state index in [-0.39, 0.29) is 29.2 Å². The standard InChI is InChI=1S/C23H21F2N3O4/c1-23(2,32-13-14-8-10-15(31-3)11-9-14)18-12-19(26-28(18)22(24)25)27-20(29)16-6-4-5-7-17(16)21(27)30/h4-12,22H,13H2,1-3H3. The quantitative estimate of drug-likeness (QED) is 0.504. The number of fused-ring (bicyclic) bond motifs is 1. The van der Waals surface area contributed by atoms with Crippen LogP contribution >= 0.6 is 0 Å². The number of rotatable bonds is 7. The zero-order chi connectivity index (χ0) is 23.0. The lowest BCUT2D eigenvalue weighted by Crippen LogP contribution is -2.29. The largest absolute Gasteiger partial charge is 0.497 e. The molecule has 166 valence electrons. The molecule has 2 aromatic carbocycles. The number of alkyl halides is 2. The van der Waals surface area contributed by atoms with Crippen LogP contribution in [0.4, 0.5) is 14.6 Å². The Kier molecular flexibility index (Phi) is 5.52. The molecule has 0 unspecified atom stereocenters. The number of hydrogen-bond acceptors (Lipinski definition) is 5. The van der Waals surface area contributed by atoms with Crippen LogP contribution in [0.15, 0.2) is 54.6 Å². The molecule has 9 heteroatoms. The van der Waals surface area contributed by atoms with E-state index >= 15 is 0 Å². The summed E-state index contributed by atoms with van der Waals surface area (Å²) in [7, 11) is 1.56. The smallest absolute Gasteiger partial charge is 0.333 e. The molecule has 0 bridgehead atoms. The molecule has 32 heavy (non-hydrogen) atoms. The Morgan fingerprint density at radius 3 is 2.12 bits per heavy atom. The van der Waals surface area contributed by atoms with E-state index in [1.54, 1.807) is 45.2 Å². The maximum atomic E-state index is 13.8. The van der Waals surface area contributed by atoms with Crippen LogP contribution in [-0.4, -0.2) is 28.7 Å². The summed E-state index contributed by atoms with van der Waals surface area (Å²) in [4.78, 5) is 26.3. The first kappa shape index (κ1) is 21.6. The van der Waals surface area contributed by atoms with Gasteiger partial charge in [-0.3, -0.25) is 9.59 Å². The molecule has 3 aromatic rings. The average molecular weight is 441 g/mol. The molecule has 0 radical (unpaired) electrons. The fourth-order valence-corrected chi connectivity index (χ4v) is 3.55. The number of hydrogen-bond donors (Lipinski definition) is 0. The summed E-state index contributed by atoms with van der Waals surface area (Å²) in [6, 6.07) is 14.8. The van der Waals surface area contributed by atoms with E-state index in [2.05, 4.69) is 5.10 Å². The Morgan fingerprint density at radius 1 is 1.00 bits per heavy atom. The van der Waals surface area contributed by atoms with Gasteiger partial charge >= 0.3 is 6.55 Å². The fourth-order valence-electron chi connectivity index (χ4n) is 3.55. The van der Waals surface area contributed by atoms with E-state index in [1.165, 1.54) is 18.2 Å². The van der Waals surface area contributed by atoms with Gasteiger partial charge in [-0.15, -0.1) is 5.10 Å². The Bertz CT molecular complexity index is 1140. The SMILES string of the molecule is COc1ccc(COC(C)(C)c2cc(N3C(=O)c4ccccc4C3=O)nn2C(F)F)cc1. The molecule has 2 heterocycles. The number of benzene rings is 2. The fraction of sp³-hybridized carbons (Fsp3) is 0.261. The number of imide groups is 1. The van der Waals surface area contributed by atoms with Crippen molar-refractivity contribution in [3.63, 3.8) is 0 Å². The van der Waals surface area contributed by atoms with Gasteiger partial charge in [0.25, 0.3) is 11.8 Å². The van der Waals surface area contributed by atoms with Crippen molar-refractivity contribution in [3.05, 3.63) is 77.0 Å². The van der Waals surface area contributed by atoms with E-state index < -0.39 is 24.0 Å². The highest BCUT2D eigenvalue weighted by atomic mass is 19.3. The molecule has 1 aliphatic heterocycles. The van der Waals surface area contributed by atoms with E-state index in [1.807, 2.05) is 12.1 Å². The van der Waals surface area contributed by atoms with Crippen LogP contribution in [0.5, 0.6) is 5.75 Å². The minimum absolute atomic E-state index is 0.0348. The Morgan fingerprint density at radius 2 is 1.59 bits per heavy atom. The van der Waals surface area contributed by atoms with E-state index in [0.717, 1.165) is 10.5 Å². The Balaban J connectivity index is 1.63. The number of anilines is 1. The van der Waals surface area contributed by atoms with Crippen LogP contribution < -0.4 is 9.64 Å². The summed E-state index contributed by atoms with van der Waals surface area (Å²) in [5.74, 6) is -0.692. The first-order valence-corrected chi connectivity index (χ1v) is 9.86. The lowest BCUT2D eigenvalue weighted by atomic mass is 10.0. The molecule has 7 nitrogen and oxygen atoms in total. The van der Waals surface area contributed by atoms with E-state index in [9.17, 15) is 18.4 Å². The summed E-state index contributed by atoms with van der Waals surface area (Å²) in [6.07, 6.45) is 0. The Hall–Kier alpha value is -3.59. The second-order valence-electron chi connectivity index (χ2n) is 7.75. The van der Waals surface area contributed by atoms with Gasteiger partial charge in [0.1, 0.15) is 11.4 Å². The zero-order valence-corrected chi connectivity index (χ0v) is 17.7. The molecule has 0 spiro atoms. The number of aromatic nitrogens is 2. The number of carbonyl (C=O) groups is 2. The maximum absolute atomic E-state index is 13.8. The minimum atomic E-state index is -2.99. The van der Waals surface area contributed by atoms with Gasteiger partial charge < -0.3 is 9.47 Å². The van der Waals surface area contributed by atoms with Crippen molar-refractivity contribution in [2.24, 2.45) is 0 Å². The summed E-state index contributed by atoms with van der Waals surface area (Å²) in [5, 5.41) is 3.87. The molecular weight excluding hydrogens is 420 g/mol. The number of ether oxygens (including phenoxy) is 2. The second kappa shape index (κ2) is 8.16. The third-order valence-corrected chi connectivity index (χ3v) is 5.31. The summed E-state index contributed by atoms with van der Waals surface area (Å²) < 4.78 is 39.1. The molecule has 0 atom stereocenters. The van der Waals surface area contributed by atoms with Crippen molar-refractivity contribution < 1.29 is 27.8 Å². The number of methoxy groups -OCH3 is 1. The highest BCUT2D eigenvalue weighted by Crippen LogP contribution is 2.35. The third kappa shape index (κ3) is 3.75. The molecule has 0 saturated heterocycles. The molecule has 0 saturated carbocycles. The van der Waals surface area contributed by atoms with Crippen molar-refractivity contribution in [1.82, 2.24) is 9.78 Å². The van der Waals surface area contributed by atoms with Crippen LogP contribution in [0.1, 0.15) is 52.4 Å². The topological polar surface area (TPSA) is 73.7 Å². The van der Waals surface area contributed by atoms with Crippen molar-refractivity contribution in [2.45, 2.75) is 32.6 Å². The van der Waals surface area contributed by atoms with Gasteiger partial charge in [-0.1, -0.05) is 24.3 Å². The minimum Gasteiger partial charge on any atom is -0.497 e. The normalized spacial score (nSPS) is 13.8. The molecule has 0 fully saturated rings. The van der Waals surface area contributed by atoms with Crippen LogP contribution in [0.3, 0.4) is 0 Å². The van der Waals surface area contributed by atoms with Crippen LogP contribution in [-0.2, 0) is 16.9 Å². The van der Waals surface area contributed by atoms with Crippen LogP contribution in [0.25, 0.3) is 0 Å². The highest BCUT2D eigenvalue weighted by molar-refractivity contribution is 6.34. The molecule has 4 rings (SSSR count). The molecule has 0 aliphatic carbocycles. The van der Waals surface area contributed by atoms with E-state index in [4.69, 9.17) is 9.47 Å².